The van der Waals surface area contributed by atoms with Crippen molar-refractivity contribution in [3.63, 3.8) is 0 Å². The number of aromatic nitrogens is 2. The van der Waals surface area contributed by atoms with Crippen LogP contribution < -0.4 is 10.1 Å². The fourth-order valence-corrected chi connectivity index (χ4v) is 1.66. The van der Waals surface area contributed by atoms with Gasteiger partial charge in [-0.3, -0.25) is 14.5 Å². The largest absolute Gasteiger partial charge is 0.478 e. The molecule has 1 fully saturated rings. The van der Waals surface area contributed by atoms with Gasteiger partial charge in [0.05, 0.1) is 13.0 Å². The summed E-state index contributed by atoms with van der Waals surface area (Å²) in [4.78, 5) is 32.2. The van der Waals surface area contributed by atoms with Crippen molar-refractivity contribution >= 4 is 17.8 Å². The van der Waals surface area contributed by atoms with E-state index >= 15 is 0 Å². The van der Waals surface area contributed by atoms with E-state index in [0.717, 1.165) is 4.90 Å². The quantitative estimate of drug-likeness (QED) is 0.760. The number of hydrogen-bond acceptors (Lipinski definition) is 6. The highest BCUT2D eigenvalue weighted by Gasteiger charge is 2.36. The second-order valence-electron chi connectivity index (χ2n) is 3.84. The molecule has 1 aliphatic heterocycles. The van der Waals surface area contributed by atoms with Crippen LogP contribution in [-0.2, 0) is 9.59 Å². The van der Waals surface area contributed by atoms with Crippen molar-refractivity contribution < 1.29 is 14.3 Å². The van der Waals surface area contributed by atoms with Crippen LogP contribution in [0.3, 0.4) is 0 Å². The van der Waals surface area contributed by atoms with E-state index in [0.29, 0.717) is 12.5 Å². The summed E-state index contributed by atoms with van der Waals surface area (Å²) < 4.78 is 5.23. The number of nitrogens with one attached hydrogen (secondary N) is 1. The zero-order valence-corrected chi connectivity index (χ0v) is 10.2. The van der Waals surface area contributed by atoms with E-state index in [1.54, 1.807) is 6.07 Å². The van der Waals surface area contributed by atoms with Crippen molar-refractivity contribution in [2.75, 3.05) is 19.0 Å². The summed E-state index contributed by atoms with van der Waals surface area (Å²) in [6.07, 6.45) is 1.66. The van der Waals surface area contributed by atoms with Crippen LogP contribution in [0, 0.1) is 0 Å². The number of nitrogens with zero attached hydrogens (tertiary/aromatic N) is 3. The van der Waals surface area contributed by atoms with Gasteiger partial charge in [-0.05, 0) is 6.92 Å². The average molecular weight is 250 g/mol. The first-order valence-corrected chi connectivity index (χ1v) is 5.64. The predicted molar refractivity (Wildman–Crippen MR) is 63.0 cm³/mol. The van der Waals surface area contributed by atoms with Gasteiger partial charge in [0, 0.05) is 19.3 Å². The van der Waals surface area contributed by atoms with Gasteiger partial charge in [-0.2, -0.15) is 4.98 Å². The van der Waals surface area contributed by atoms with Gasteiger partial charge in [0.1, 0.15) is 6.04 Å². The number of likely N-dealkylation sites (tertiary alicyclic amines) is 1. The van der Waals surface area contributed by atoms with Crippen LogP contribution in [0.5, 0.6) is 5.88 Å². The van der Waals surface area contributed by atoms with Crippen molar-refractivity contribution in [1.82, 2.24) is 14.9 Å². The zero-order valence-electron chi connectivity index (χ0n) is 10.2. The van der Waals surface area contributed by atoms with Crippen molar-refractivity contribution in [3.05, 3.63) is 12.3 Å². The molecule has 7 heteroatoms. The summed E-state index contributed by atoms with van der Waals surface area (Å²) >= 11 is 0. The third-order valence-electron chi connectivity index (χ3n) is 2.61. The van der Waals surface area contributed by atoms with Crippen molar-refractivity contribution in [1.29, 1.82) is 0 Å². The second-order valence-corrected chi connectivity index (χ2v) is 3.84. The topological polar surface area (TPSA) is 84.4 Å². The van der Waals surface area contributed by atoms with Crippen LogP contribution in [0.4, 0.5) is 5.95 Å². The second kappa shape index (κ2) is 4.99. The Kier molecular flexibility index (Phi) is 3.40. The Morgan fingerprint density at radius 2 is 2.33 bits per heavy atom. The van der Waals surface area contributed by atoms with Crippen LogP contribution in [0.25, 0.3) is 0 Å². The molecule has 1 aromatic heterocycles. The van der Waals surface area contributed by atoms with Gasteiger partial charge in [0.2, 0.25) is 17.7 Å². The molecule has 1 N–H and O–H groups in total. The highest BCUT2D eigenvalue weighted by atomic mass is 16.5. The molecule has 18 heavy (non-hydrogen) atoms. The molecule has 2 heterocycles. The van der Waals surface area contributed by atoms with Gasteiger partial charge >= 0.3 is 0 Å². The van der Waals surface area contributed by atoms with Gasteiger partial charge in [-0.15, -0.1) is 0 Å². The Morgan fingerprint density at radius 1 is 1.56 bits per heavy atom. The number of ether oxygens (including phenoxy) is 1. The Balaban J connectivity index is 2.08. The predicted octanol–water partition coefficient (Wildman–Crippen LogP) is 0.0445. The van der Waals surface area contributed by atoms with Crippen LogP contribution in [-0.4, -0.2) is 46.4 Å². The third-order valence-corrected chi connectivity index (χ3v) is 2.61. The molecule has 2 amide bonds. The molecule has 2 rings (SSSR count). The minimum atomic E-state index is -0.598. The van der Waals surface area contributed by atoms with Crippen LogP contribution in [0.1, 0.15) is 13.3 Å². The first kappa shape index (κ1) is 12.3. The molecule has 1 saturated heterocycles. The minimum Gasteiger partial charge on any atom is -0.478 e. The maximum absolute atomic E-state index is 11.7. The van der Waals surface area contributed by atoms with Crippen molar-refractivity contribution in [3.8, 4) is 5.88 Å². The average Bonchev–Trinajstić information content (AvgIpc) is 2.58. The van der Waals surface area contributed by atoms with Crippen LogP contribution >= 0.6 is 0 Å². The summed E-state index contributed by atoms with van der Waals surface area (Å²) in [6.45, 7) is 2.35. The first-order chi connectivity index (χ1) is 8.61. The van der Waals surface area contributed by atoms with Gasteiger partial charge in [-0.25, -0.2) is 4.98 Å². The van der Waals surface area contributed by atoms with E-state index in [9.17, 15) is 9.59 Å². The van der Waals surface area contributed by atoms with Crippen molar-refractivity contribution in [2.24, 2.45) is 0 Å². The number of rotatable bonds is 4. The summed E-state index contributed by atoms with van der Waals surface area (Å²) in [7, 11) is 1.46. The maximum Gasteiger partial charge on any atom is 0.252 e. The summed E-state index contributed by atoms with van der Waals surface area (Å²) in [6, 6.07) is 1.03. The Labute approximate surface area is 104 Å². The minimum absolute atomic E-state index is 0.123. The molecule has 7 nitrogen and oxygen atoms in total. The lowest BCUT2D eigenvalue weighted by Crippen LogP contribution is -2.32. The Morgan fingerprint density at radius 3 is 2.94 bits per heavy atom. The normalized spacial score (nSPS) is 19.2. The number of carbonyl (C=O) groups excluding carboxylic acids is 2. The standard InChI is InChI=1S/C11H14N4O3/c1-3-18-8-4-5-12-11(14-8)13-7-6-9(16)15(2)10(7)17/h4-5,7H,3,6H2,1-2H3,(H,12,13,14). The van der Waals surface area contributed by atoms with Crippen LogP contribution in [0.15, 0.2) is 12.3 Å². The lowest BCUT2D eigenvalue weighted by molar-refractivity contribution is -0.136. The lowest BCUT2D eigenvalue weighted by atomic mass is 10.2. The Hall–Kier alpha value is -2.18. The highest BCUT2D eigenvalue weighted by molar-refractivity contribution is 6.06. The molecule has 0 spiro atoms. The van der Waals surface area contributed by atoms with Gasteiger partial charge in [-0.1, -0.05) is 0 Å². The lowest BCUT2D eigenvalue weighted by Gasteiger charge is -2.11. The van der Waals surface area contributed by atoms with Crippen LogP contribution in [0.2, 0.25) is 0 Å². The molecule has 0 aromatic carbocycles. The SMILES string of the molecule is CCOc1ccnc(NC2CC(=O)N(C)C2=O)n1. The van der Waals surface area contributed by atoms with Gasteiger partial charge in [0.15, 0.2) is 0 Å². The zero-order chi connectivity index (χ0) is 13.1. The number of likely N-dealkylation sites (N-methyl/N-ethyl adjacent to an activating group) is 1. The van der Waals surface area contributed by atoms with Gasteiger partial charge in [0.25, 0.3) is 5.91 Å². The number of anilines is 1. The Bertz CT molecular complexity index is 477. The van der Waals surface area contributed by atoms with E-state index in [4.69, 9.17) is 4.74 Å². The molecule has 0 saturated carbocycles. The van der Waals surface area contributed by atoms with E-state index < -0.39 is 6.04 Å². The highest BCUT2D eigenvalue weighted by Crippen LogP contribution is 2.16. The van der Waals surface area contributed by atoms with E-state index in [1.165, 1.54) is 13.2 Å². The molecule has 1 aromatic rings. The molecule has 1 aliphatic rings. The molecule has 96 valence electrons. The van der Waals surface area contributed by atoms with E-state index in [1.807, 2.05) is 6.92 Å². The smallest absolute Gasteiger partial charge is 0.252 e. The molecule has 1 atom stereocenters. The maximum atomic E-state index is 11.7. The summed E-state index contributed by atoms with van der Waals surface area (Å²) in [5.41, 5.74) is 0. The molecule has 0 radical (unpaired) electrons. The number of amides is 2. The fourth-order valence-electron chi connectivity index (χ4n) is 1.66. The fraction of sp³-hybridized carbons (Fsp3) is 0.455. The van der Waals surface area contributed by atoms with Gasteiger partial charge < -0.3 is 10.1 Å². The third kappa shape index (κ3) is 2.39. The van der Waals surface area contributed by atoms with Crippen molar-refractivity contribution in [2.45, 2.75) is 19.4 Å². The monoisotopic (exact) mass is 250 g/mol. The van der Waals surface area contributed by atoms with E-state index in [-0.39, 0.29) is 24.2 Å². The number of hydrogen-bond donors (Lipinski definition) is 1. The summed E-state index contributed by atoms with van der Waals surface area (Å²) in [5.74, 6) is 0.228. The molecule has 0 aliphatic carbocycles. The molecular formula is C11H14N4O3. The molecule has 1 unspecified atom stereocenters. The first-order valence-electron chi connectivity index (χ1n) is 5.64. The molecular weight excluding hydrogens is 236 g/mol. The van der Waals surface area contributed by atoms with E-state index in [2.05, 4.69) is 15.3 Å². The summed E-state index contributed by atoms with van der Waals surface area (Å²) in [5, 5.41) is 2.84. The number of carbonyl (C=O) groups is 2. The number of imide groups is 1. The molecule has 0 bridgehead atoms.